The third-order valence-electron chi connectivity index (χ3n) is 3.80. The molecule has 3 unspecified atom stereocenters. The molecule has 0 bridgehead atoms. The maximum Gasteiger partial charge on any atom is 0.0615 e. The molecule has 1 heterocycles. The minimum Gasteiger partial charge on any atom is -0.383 e. The first kappa shape index (κ1) is 13.9. The third-order valence-corrected chi connectivity index (χ3v) is 3.80. The Bertz CT molecular complexity index is 187. The van der Waals surface area contributed by atoms with Gasteiger partial charge in [0.05, 0.1) is 6.61 Å². The van der Waals surface area contributed by atoms with E-state index >= 15 is 0 Å². The van der Waals surface area contributed by atoms with Crippen LogP contribution >= 0.6 is 0 Å². The minimum atomic E-state index is 0.519. The Balaban J connectivity index is 2.41. The molecule has 0 aliphatic carbocycles. The Morgan fingerprint density at radius 3 is 2.81 bits per heavy atom. The maximum absolute atomic E-state index is 5.24. The zero-order chi connectivity index (χ0) is 12.0. The molecule has 0 aromatic carbocycles. The highest BCUT2D eigenvalue weighted by molar-refractivity contribution is 4.82. The van der Waals surface area contributed by atoms with Crippen molar-refractivity contribution in [2.45, 2.75) is 45.7 Å². The Morgan fingerprint density at radius 1 is 1.50 bits per heavy atom. The van der Waals surface area contributed by atoms with Crippen molar-refractivity contribution in [1.29, 1.82) is 0 Å². The second-order valence-corrected chi connectivity index (χ2v) is 5.07. The standard InChI is InChI=1S/C13H28N2O/c1-5-15(12(3)10-16-4)9-13-11(2)7-6-8-14-13/h11-14H,5-10H2,1-4H3. The number of nitrogens with zero attached hydrogens (tertiary/aromatic N) is 1. The molecule has 0 aromatic rings. The van der Waals surface area contributed by atoms with E-state index in [9.17, 15) is 0 Å². The van der Waals surface area contributed by atoms with Crippen molar-refractivity contribution in [3.05, 3.63) is 0 Å². The number of nitrogens with one attached hydrogen (secondary N) is 1. The van der Waals surface area contributed by atoms with E-state index in [1.54, 1.807) is 7.11 Å². The van der Waals surface area contributed by atoms with Gasteiger partial charge in [-0.15, -0.1) is 0 Å². The van der Waals surface area contributed by atoms with Gasteiger partial charge in [0.25, 0.3) is 0 Å². The van der Waals surface area contributed by atoms with Gasteiger partial charge in [0, 0.05) is 25.7 Å². The highest BCUT2D eigenvalue weighted by Gasteiger charge is 2.24. The van der Waals surface area contributed by atoms with Gasteiger partial charge in [-0.05, 0) is 38.8 Å². The summed E-state index contributed by atoms with van der Waals surface area (Å²) in [7, 11) is 1.78. The molecule has 0 radical (unpaired) electrons. The molecule has 3 heteroatoms. The Hall–Kier alpha value is -0.120. The van der Waals surface area contributed by atoms with Crippen molar-refractivity contribution in [2.24, 2.45) is 5.92 Å². The van der Waals surface area contributed by atoms with Crippen LogP contribution in [0.2, 0.25) is 0 Å². The molecule has 1 aliphatic rings. The summed E-state index contributed by atoms with van der Waals surface area (Å²) in [5.74, 6) is 0.803. The van der Waals surface area contributed by atoms with Gasteiger partial charge in [-0.3, -0.25) is 4.90 Å². The largest absolute Gasteiger partial charge is 0.383 e. The number of piperidine rings is 1. The van der Waals surface area contributed by atoms with Gasteiger partial charge < -0.3 is 10.1 Å². The smallest absolute Gasteiger partial charge is 0.0615 e. The topological polar surface area (TPSA) is 24.5 Å². The van der Waals surface area contributed by atoms with E-state index in [0.29, 0.717) is 12.1 Å². The molecule has 0 aromatic heterocycles. The molecule has 96 valence electrons. The van der Waals surface area contributed by atoms with Crippen molar-refractivity contribution in [3.63, 3.8) is 0 Å². The molecule has 16 heavy (non-hydrogen) atoms. The predicted molar refractivity (Wildman–Crippen MR) is 68.8 cm³/mol. The van der Waals surface area contributed by atoms with Crippen LogP contribution in [-0.4, -0.2) is 50.3 Å². The minimum absolute atomic E-state index is 0.519. The number of rotatable bonds is 6. The average molecular weight is 228 g/mol. The first-order valence-corrected chi connectivity index (χ1v) is 6.65. The zero-order valence-corrected chi connectivity index (χ0v) is 11.3. The van der Waals surface area contributed by atoms with Gasteiger partial charge >= 0.3 is 0 Å². The molecule has 3 atom stereocenters. The van der Waals surface area contributed by atoms with Crippen LogP contribution in [0, 0.1) is 5.92 Å². The lowest BCUT2D eigenvalue weighted by Gasteiger charge is -2.36. The van der Waals surface area contributed by atoms with Crippen LogP contribution in [0.1, 0.15) is 33.6 Å². The Labute approximate surface area is 101 Å². The molecule has 1 fully saturated rings. The molecule has 0 amide bonds. The van der Waals surface area contributed by atoms with E-state index in [1.165, 1.54) is 19.4 Å². The normalized spacial score (nSPS) is 28.3. The quantitative estimate of drug-likeness (QED) is 0.749. The average Bonchev–Trinajstić information content (AvgIpc) is 2.28. The summed E-state index contributed by atoms with van der Waals surface area (Å²) in [5, 5.41) is 3.65. The van der Waals surface area contributed by atoms with E-state index < -0.39 is 0 Å². The lowest BCUT2D eigenvalue weighted by Crippen LogP contribution is -2.50. The van der Waals surface area contributed by atoms with Crippen molar-refractivity contribution < 1.29 is 4.74 Å². The van der Waals surface area contributed by atoms with Crippen LogP contribution < -0.4 is 5.32 Å². The van der Waals surface area contributed by atoms with Gasteiger partial charge in [0.15, 0.2) is 0 Å². The number of hydrogen-bond donors (Lipinski definition) is 1. The number of methoxy groups -OCH3 is 1. The number of likely N-dealkylation sites (N-methyl/N-ethyl adjacent to an activating group) is 1. The third kappa shape index (κ3) is 4.04. The van der Waals surface area contributed by atoms with E-state index in [0.717, 1.165) is 25.6 Å². The number of hydrogen-bond acceptors (Lipinski definition) is 3. The Kier molecular flexibility index (Phi) is 6.32. The lowest BCUT2D eigenvalue weighted by atomic mass is 9.92. The van der Waals surface area contributed by atoms with E-state index in [2.05, 4.69) is 31.0 Å². The first-order valence-electron chi connectivity index (χ1n) is 6.65. The van der Waals surface area contributed by atoms with Gasteiger partial charge in [0.2, 0.25) is 0 Å². The van der Waals surface area contributed by atoms with Gasteiger partial charge in [-0.25, -0.2) is 0 Å². The molecule has 1 N–H and O–H groups in total. The van der Waals surface area contributed by atoms with Gasteiger partial charge in [-0.2, -0.15) is 0 Å². The van der Waals surface area contributed by atoms with Crippen molar-refractivity contribution in [1.82, 2.24) is 10.2 Å². The van der Waals surface area contributed by atoms with Crippen LogP contribution in [0.4, 0.5) is 0 Å². The fourth-order valence-electron chi connectivity index (χ4n) is 2.58. The molecule has 1 saturated heterocycles. The highest BCUT2D eigenvalue weighted by Crippen LogP contribution is 2.17. The number of ether oxygens (including phenoxy) is 1. The zero-order valence-electron chi connectivity index (χ0n) is 11.3. The molecular formula is C13H28N2O. The second kappa shape index (κ2) is 7.25. The monoisotopic (exact) mass is 228 g/mol. The maximum atomic E-state index is 5.24. The van der Waals surface area contributed by atoms with Crippen molar-refractivity contribution in [2.75, 3.05) is 33.4 Å². The second-order valence-electron chi connectivity index (χ2n) is 5.07. The first-order chi connectivity index (χ1) is 7.69. The van der Waals surface area contributed by atoms with E-state index in [-0.39, 0.29) is 0 Å². The predicted octanol–water partition coefficient (Wildman–Crippen LogP) is 1.73. The van der Waals surface area contributed by atoms with Crippen LogP contribution in [0.25, 0.3) is 0 Å². The fourth-order valence-corrected chi connectivity index (χ4v) is 2.58. The van der Waals surface area contributed by atoms with E-state index in [4.69, 9.17) is 4.74 Å². The lowest BCUT2D eigenvalue weighted by molar-refractivity contribution is 0.0863. The van der Waals surface area contributed by atoms with Crippen LogP contribution in [0.15, 0.2) is 0 Å². The van der Waals surface area contributed by atoms with Crippen molar-refractivity contribution in [3.8, 4) is 0 Å². The van der Waals surface area contributed by atoms with Crippen LogP contribution in [0.3, 0.4) is 0 Å². The van der Waals surface area contributed by atoms with Gasteiger partial charge in [-0.1, -0.05) is 13.8 Å². The molecule has 1 aliphatic heterocycles. The van der Waals surface area contributed by atoms with Crippen molar-refractivity contribution >= 4 is 0 Å². The SMILES string of the molecule is CCN(CC1NCCCC1C)C(C)COC. The summed E-state index contributed by atoms with van der Waals surface area (Å²) < 4.78 is 5.24. The summed E-state index contributed by atoms with van der Waals surface area (Å²) in [5.41, 5.74) is 0. The molecular weight excluding hydrogens is 200 g/mol. The molecule has 0 saturated carbocycles. The fraction of sp³-hybridized carbons (Fsp3) is 1.00. The Morgan fingerprint density at radius 2 is 2.25 bits per heavy atom. The summed E-state index contributed by atoms with van der Waals surface area (Å²) in [6.45, 7) is 11.1. The summed E-state index contributed by atoms with van der Waals surface area (Å²) in [6, 6.07) is 1.18. The molecule has 1 rings (SSSR count). The molecule has 0 spiro atoms. The highest BCUT2D eigenvalue weighted by atomic mass is 16.5. The van der Waals surface area contributed by atoms with Crippen LogP contribution in [0.5, 0.6) is 0 Å². The summed E-state index contributed by atoms with van der Waals surface area (Å²) in [4.78, 5) is 2.52. The summed E-state index contributed by atoms with van der Waals surface area (Å²) in [6.07, 6.45) is 2.70. The molecule has 3 nitrogen and oxygen atoms in total. The van der Waals surface area contributed by atoms with Crippen LogP contribution in [-0.2, 0) is 4.74 Å². The van der Waals surface area contributed by atoms with Gasteiger partial charge in [0.1, 0.15) is 0 Å². The summed E-state index contributed by atoms with van der Waals surface area (Å²) >= 11 is 0. The van der Waals surface area contributed by atoms with E-state index in [1.807, 2.05) is 0 Å².